The van der Waals surface area contributed by atoms with Crippen molar-refractivity contribution in [3.63, 3.8) is 0 Å². The molecule has 2 aromatic carbocycles. The first-order valence-electron chi connectivity index (χ1n) is 6.86. The smallest absolute Gasteiger partial charge is 0.201 e. The molecule has 0 unspecified atom stereocenters. The van der Waals surface area contributed by atoms with Crippen LogP contribution >= 0.6 is 23.4 Å². The van der Waals surface area contributed by atoms with Crippen molar-refractivity contribution in [1.29, 1.82) is 5.26 Å². The minimum absolute atomic E-state index is 0.0804. The molecule has 0 aliphatic carbocycles. The summed E-state index contributed by atoms with van der Waals surface area (Å²) in [4.78, 5) is 16.1. The van der Waals surface area contributed by atoms with Gasteiger partial charge in [0.1, 0.15) is 0 Å². The molecule has 116 valence electrons. The summed E-state index contributed by atoms with van der Waals surface area (Å²) < 4.78 is 0. The third kappa shape index (κ3) is 4.88. The number of rotatable bonds is 5. The van der Waals surface area contributed by atoms with Gasteiger partial charge in [-0.2, -0.15) is 5.26 Å². The molecule has 0 bridgehead atoms. The Morgan fingerprint density at radius 1 is 1.13 bits per heavy atom. The first-order valence-corrected chi connectivity index (χ1v) is 8.05. The number of Topliss-reactive ketones (excluding diaryl/α,β-unsaturated/α-hetero) is 1. The lowest BCUT2D eigenvalue weighted by atomic mass is 10.1. The molecule has 0 saturated heterocycles. The van der Waals surface area contributed by atoms with E-state index >= 15 is 0 Å². The van der Waals surface area contributed by atoms with Crippen LogP contribution in [-0.4, -0.2) is 24.8 Å². The van der Waals surface area contributed by atoms with E-state index in [0.29, 0.717) is 21.1 Å². The predicted molar refractivity (Wildman–Crippen MR) is 94.6 cm³/mol. The van der Waals surface area contributed by atoms with Crippen molar-refractivity contribution in [2.24, 2.45) is 0 Å². The summed E-state index contributed by atoms with van der Waals surface area (Å²) in [5.41, 5.74) is 1.09. The average Bonchev–Trinajstić information content (AvgIpc) is 2.55. The highest BCUT2D eigenvalue weighted by Crippen LogP contribution is 2.30. The second-order valence-electron chi connectivity index (χ2n) is 5.03. The van der Waals surface area contributed by atoms with Crippen LogP contribution in [0.15, 0.2) is 64.5 Å². The highest BCUT2D eigenvalue weighted by atomic mass is 35.5. The van der Waals surface area contributed by atoms with E-state index < -0.39 is 0 Å². The Morgan fingerprint density at radius 2 is 1.74 bits per heavy atom. The lowest BCUT2D eigenvalue weighted by Gasteiger charge is -2.11. The third-order valence-electron chi connectivity index (χ3n) is 2.92. The summed E-state index contributed by atoms with van der Waals surface area (Å²) in [5.74, 6) is -0.0804. The largest absolute Gasteiger partial charge is 0.382 e. The lowest BCUT2D eigenvalue weighted by molar-refractivity contribution is 0.104. The molecular weight excluding hydrogens is 328 g/mol. The minimum Gasteiger partial charge on any atom is -0.382 e. The Hall–Kier alpha value is -2.22. The number of carbonyl (C=O) groups is 1. The van der Waals surface area contributed by atoms with Crippen LogP contribution in [0.25, 0.3) is 0 Å². The molecule has 0 N–H and O–H groups in total. The standard InChI is InChI=1S/C18H15ClN2OS/c1-21(2)12-17(23-16-9-7-15(19)8-10-16)18(22)14-5-3-13(11-20)4-6-14/h3-10,12H,1-2H3/b17-12-. The van der Waals surface area contributed by atoms with E-state index in [-0.39, 0.29) is 5.78 Å². The van der Waals surface area contributed by atoms with E-state index in [1.165, 1.54) is 11.8 Å². The van der Waals surface area contributed by atoms with Gasteiger partial charge in [0.05, 0.1) is 16.5 Å². The minimum atomic E-state index is -0.0804. The Labute approximate surface area is 145 Å². The molecule has 0 heterocycles. The highest BCUT2D eigenvalue weighted by molar-refractivity contribution is 8.04. The number of thioether (sulfide) groups is 1. The molecule has 0 aliphatic rings. The lowest BCUT2D eigenvalue weighted by Crippen LogP contribution is -2.08. The van der Waals surface area contributed by atoms with Gasteiger partial charge < -0.3 is 4.90 Å². The number of benzene rings is 2. The quantitative estimate of drug-likeness (QED) is 0.453. The molecule has 5 heteroatoms. The van der Waals surface area contributed by atoms with Gasteiger partial charge in [-0.1, -0.05) is 23.4 Å². The van der Waals surface area contributed by atoms with E-state index in [2.05, 4.69) is 0 Å². The predicted octanol–water partition coefficient (Wildman–Crippen LogP) is 4.59. The number of halogens is 1. The first kappa shape index (κ1) is 17.1. The average molecular weight is 343 g/mol. The van der Waals surface area contributed by atoms with Crippen molar-refractivity contribution in [2.45, 2.75) is 4.90 Å². The van der Waals surface area contributed by atoms with Gasteiger partial charge in [0.25, 0.3) is 0 Å². The molecule has 0 saturated carbocycles. The second-order valence-corrected chi connectivity index (χ2v) is 6.58. The summed E-state index contributed by atoms with van der Waals surface area (Å²) in [7, 11) is 3.74. The van der Waals surface area contributed by atoms with Crippen molar-refractivity contribution >= 4 is 29.1 Å². The van der Waals surface area contributed by atoms with Crippen LogP contribution in [0.5, 0.6) is 0 Å². The van der Waals surface area contributed by atoms with Gasteiger partial charge in [-0.05, 0) is 48.5 Å². The molecule has 0 amide bonds. The van der Waals surface area contributed by atoms with Crippen LogP contribution in [-0.2, 0) is 0 Å². The van der Waals surface area contributed by atoms with Crippen LogP contribution in [0.2, 0.25) is 5.02 Å². The van der Waals surface area contributed by atoms with Crippen molar-refractivity contribution < 1.29 is 4.79 Å². The number of nitrogens with zero attached hydrogens (tertiary/aromatic N) is 2. The molecule has 0 aliphatic heterocycles. The normalized spacial score (nSPS) is 11.0. The van der Waals surface area contributed by atoms with Gasteiger partial charge in [0, 0.05) is 35.8 Å². The van der Waals surface area contributed by atoms with Gasteiger partial charge >= 0.3 is 0 Å². The van der Waals surface area contributed by atoms with Crippen molar-refractivity contribution in [3.8, 4) is 6.07 Å². The molecular formula is C18H15ClN2OS. The number of hydrogen-bond donors (Lipinski definition) is 0. The van der Waals surface area contributed by atoms with E-state index in [0.717, 1.165) is 4.90 Å². The molecule has 0 atom stereocenters. The Balaban J connectivity index is 2.28. The summed E-state index contributed by atoms with van der Waals surface area (Å²) in [6, 6.07) is 16.0. The number of hydrogen-bond acceptors (Lipinski definition) is 4. The number of nitriles is 1. The number of carbonyl (C=O) groups excluding carboxylic acids is 1. The summed E-state index contributed by atoms with van der Waals surface area (Å²) >= 11 is 7.28. The van der Waals surface area contributed by atoms with E-state index in [9.17, 15) is 4.79 Å². The maximum Gasteiger partial charge on any atom is 0.201 e. The number of ketones is 1. The molecule has 0 aromatic heterocycles. The van der Waals surface area contributed by atoms with Crippen LogP contribution in [0, 0.1) is 11.3 Å². The zero-order chi connectivity index (χ0) is 16.8. The summed E-state index contributed by atoms with van der Waals surface area (Å²) in [6.45, 7) is 0. The molecule has 23 heavy (non-hydrogen) atoms. The molecule has 2 aromatic rings. The van der Waals surface area contributed by atoms with Crippen LogP contribution in [0.3, 0.4) is 0 Å². The Kier molecular flexibility index (Phi) is 5.86. The van der Waals surface area contributed by atoms with Gasteiger partial charge in [-0.15, -0.1) is 0 Å². The maximum absolute atomic E-state index is 12.7. The van der Waals surface area contributed by atoms with E-state index in [4.69, 9.17) is 16.9 Å². The number of allylic oxidation sites excluding steroid dienone is 1. The maximum atomic E-state index is 12.7. The van der Waals surface area contributed by atoms with Crippen LogP contribution in [0.4, 0.5) is 0 Å². The third-order valence-corrected chi connectivity index (χ3v) is 4.19. The zero-order valence-corrected chi connectivity index (χ0v) is 14.4. The Bertz CT molecular complexity index is 759. The molecule has 0 radical (unpaired) electrons. The molecule has 3 nitrogen and oxygen atoms in total. The summed E-state index contributed by atoms with van der Waals surface area (Å²) in [6.07, 6.45) is 1.79. The van der Waals surface area contributed by atoms with Crippen LogP contribution < -0.4 is 0 Å². The van der Waals surface area contributed by atoms with Crippen molar-refractivity contribution in [1.82, 2.24) is 4.90 Å². The van der Waals surface area contributed by atoms with Crippen molar-refractivity contribution in [2.75, 3.05) is 14.1 Å². The summed E-state index contributed by atoms with van der Waals surface area (Å²) in [5, 5.41) is 9.50. The highest BCUT2D eigenvalue weighted by Gasteiger charge is 2.14. The van der Waals surface area contributed by atoms with Gasteiger partial charge in [-0.25, -0.2) is 0 Å². The van der Waals surface area contributed by atoms with Gasteiger partial charge in [0.2, 0.25) is 5.78 Å². The first-order chi connectivity index (χ1) is 11.0. The molecule has 0 fully saturated rings. The van der Waals surface area contributed by atoms with Crippen LogP contribution in [0.1, 0.15) is 15.9 Å². The van der Waals surface area contributed by atoms with Gasteiger partial charge in [-0.3, -0.25) is 4.79 Å². The molecule has 2 rings (SSSR count). The van der Waals surface area contributed by atoms with E-state index in [1.54, 1.807) is 42.6 Å². The zero-order valence-electron chi connectivity index (χ0n) is 12.8. The molecule has 0 spiro atoms. The van der Waals surface area contributed by atoms with Crippen molar-refractivity contribution in [3.05, 3.63) is 75.8 Å². The fourth-order valence-electron chi connectivity index (χ4n) is 1.83. The topological polar surface area (TPSA) is 44.1 Å². The Morgan fingerprint density at radius 3 is 2.26 bits per heavy atom. The monoisotopic (exact) mass is 342 g/mol. The van der Waals surface area contributed by atoms with Gasteiger partial charge in [0.15, 0.2) is 0 Å². The second kappa shape index (κ2) is 7.87. The fourth-order valence-corrected chi connectivity index (χ4v) is 2.96. The fraction of sp³-hybridized carbons (Fsp3) is 0.111. The van der Waals surface area contributed by atoms with E-state index in [1.807, 2.05) is 37.2 Å². The SMILES string of the molecule is CN(C)/C=C(\Sc1ccc(Cl)cc1)C(=O)c1ccc(C#N)cc1.